The fourth-order valence-corrected chi connectivity index (χ4v) is 1.46. The molecule has 0 radical (unpaired) electrons. The van der Waals surface area contributed by atoms with E-state index in [1.165, 1.54) is 4.68 Å². The van der Waals surface area contributed by atoms with E-state index in [2.05, 4.69) is 10.4 Å². The van der Waals surface area contributed by atoms with Crippen LogP contribution in [0, 0.1) is 22.5 Å². The van der Waals surface area contributed by atoms with Crippen LogP contribution in [0.4, 0.5) is 11.5 Å². The first-order valence-corrected chi connectivity index (χ1v) is 5.38. The Kier molecular flexibility index (Phi) is 3.59. The normalized spacial score (nSPS) is 11.3. The Hall–Kier alpha value is -2.12. The molecule has 0 spiro atoms. The number of anilines is 1. The maximum absolute atomic E-state index is 11.2. The van der Waals surface area contributed by atoms with Crippen molar-refractivity contribution in [3.8, 4) is 0 Å². The molecule has 0 saturated carbocycles. The number of primary amides is 1. The molecule has 0 bridgehead atoms. The summed E-state index contributed by atoms with van der Waals surface area (Å²) in [4.78, 5) is 21.6. The lowest BCUT2D eigenvalue weighted by atomic mass is 9.93. The van der Waals surface area contributed by atoms with Gasteiger partial charge in [-0.1, -0.05) is 0 Å². The highest BCUT2D eigenvalue weighted by Gasteiger charge is 2.29. The fourth-order valence-electron chi connectivity index (χ4n) is 1.46. The molecule has 0 aliphatic carbocycles. The van der Waals surface area contributed by atoms with Crippen molar-refractivity contribution in [3.63, 3.8) is 0 Å². The second-order valence-electron chi connectivity index (χ2n) is 4.77. The Morgan fingerprint density at radius 1 is 1.61 bits per heavy atom. The Morgan fingerprint density at radius 2 is 2.17 bits per heavy atom. The van der Waals surface area contributed by atoms with Crippen molar-refractivity contribution in [1.29, 1.82) is 0 Å². The minimum Gasteiger partial charge on any atom is -0.369 e. The van der Waals surface area contributed by atoms with E-state index in [4.69, 9.17) is 5.73 Å². The quantitative estimate of drug-likeness (QED) is 0.589. The molecule has 0 aromatic carbocycles. The van der Waals surface area contributed by atoms with Crippen LogP contribution in [-0.2, 0) is 11.8 Å². The third-order valence-corrected chi connectivity index (χ3v) is 2.74. The van der Waals surface area contributed by atoms with Gasteiger partial charge in [-0.3, -0.25) is 14.9 Å². The van der Waals surface area contributed by atoms with Gasteiger partial charge in [0, 0.05) is 13.6 Å². The first kappa shape index (κ1) is 13.9. The van der Waals surface area contributed by atoms with Crippen LogP contribution in [0.25, 0.3) is 0 Å². The van der Waals surface area contributed by atoms with Gasteiger partial charge in [-0.25, -0.2) is 4.68 Å². The molecule has 0 saturated heterocycles. The molecule has 1 heterocycles. The van der Waals surface area contributed by atoms with Crippen LogP contribution in [0.2, 0.25) is 0 Å². The molecule has 8 nitrogen and oxygen atoms in total. The van der Waals surface area contributed by atoms with Crippen LogP contribution in [-0.4, -0.2) is 27.2 Å². The smallest absolute Gasteiger partial charge is 0.333 e. The largest absolute Gasteiger partial charge is 0.369 e. The monoisotopic (exact) mass is 255 g/mol. The van der Waals surface area contributed by atoms with Crippen molar-refractivity contribution in [2.45, 2.75) is 20.8 Å². The summed E-state index contributed by atoms with van der Waals surface area (Å²) in [5.41, 5.74) is 4.68. The summed E-state index contributed by atoms with van der Waals surface area (Å²) in [6, 6.07) is 0. The van der Waals surface area contributed by atoms with E-state index in [0.717, 1.165) is 0 Å². The minimum absolute atomic E-state index is 0.0854. The first-order chi connectivity index (χ1) is 8.16. The number of carbonyl (C=O) groups is 1. The zero-order valence-electron chi connectivity index (χ0n) is 10.9. The van der Waals surface area contributed by atoms with Gasteiger partial charge >= 0.3 is 5.69 Å². The number of nitrogens with one attached hydrogen (secondary N) is 1. The number of nitrogens with zero attached hydrogens (tertiary/aromatic N) is 3. The number of hydrogen-bond acceptors (Lipinski definition) is 5. The van der Waals surface area contributed by atoms with E-state index in [1.54, 1.807) is 27.8 Å². The molecular formula is C10H17N5O3. The van der Waals surface area contributed by atoms with Gasteiger partial charge in [0.05, 0.1) is 10.3 Å². The topological polar surface area (TPSA) is 116 Å². The highest BCUT2D eigenvalue weighted by molar-refractivity contribution is 5.80. The lowest BCUT2D eigenvalue weighted by Crippen LogP contribution is -2.37. The third-order valence-electron chi connectivity index (χ3n) is 2.74. The van der Waals surface area contributed by atoms with Crippen LogP contribution in [0.15, 0.2) is 0 Å². The Balaban J connectivity index is 2.99. The lowest BCUT2D eigenvalue weighted by Gasteiger charge is -2.21. The molecular weight excluding hydrogens is 238 g/mol. The van der Waals surface area contributed by atoms with Crippen molar-refractivity contribution < 1.29 is 9.72 Å². The average molecular weight is 255 g/mol. The van der Waals surface area contributed by atoms with Crippen LogP contribution in [0.1, 0.15) is 19.5 Å². The van der Waals surface area contributed by atoms with Gasteiger partial charge < -0.3 is 11.1 Å². The molecule has 100 valence electrons. The molecule has 8 heteroatoms. The Labute approximate surface area is 104 Å². The van der Waals surface area contributed by atoms with Gasteiger partial charge in [0.1, 0.15) is 5.69 Å². The van der Waals surface area contributed by atoms with Gasteiger partial charge in [0.15, 0.2) is 0 Å². The summed E-state index contributed by atoms with van der Waals surface area (Å²) in [7, 11) is 1.60. The minimum atomic E-state index is -0.800. The van der Waals surface area contributed by atoms with Gasteiger partial charge in [-0.2, -0.15) is 5.10 Å². The maximum atomic E-state index is 11.2. The number of hydrogen-bond donors (Lipinski definition) is 2. The van der Waals surface area contributed by atoms with Crippen LogP contribution >= 0.6 is 0 Å². The molecule has 0 aliphatic heterocycles. The fraction of sp³-hybridized carbons (Fsp3) is 0.600. The summed E-state index contributed by atoms with van der Waals surface area (Å²) in [5, 5.41) is 17.8. The predicted octanol–water partition coefficient (Wildman–Crippen LogP) is 0.560. The molecule has 1 aromatic rings. The van der Waals surface area contributed by atoms with Crippen molar-refractivity contribution in [2.75, 3.05) is 11.9 Å². The molecule has 0 fully saturated rings. The van der Waals surface area contributed by atoms with E-state index in [9.17, 15) is 14.9 Å². The van der Waals surface area contributed by atoms with E-state index < -0.39 is 16.2 Å². The molecule has 3 N–H and O–H groups in total. The lowest BCUT2D eigenvalue weighted by molar-refractivity contribution is -0.384. The summed E-state index contributed by atoms with van der Waals surface area (Å²) in [5.74, 6) is -0.205. The molecule has 0 aliphatic rings. The zero-order valence-corrected chi connectivity index (χ0v) is 10.9. The number of nitro groups is 1. The van der Waals surface area contributed by atoms with E-state index in [-0.39, 0.29) is 18.1 Å². The van der Waals surface area contributed by atoms with E-state index in [0.29, 0.717) is 5.69 Å². The SMILES string of the molecule is Cc1nn(C)c(NCC(C)(C)C(N)=O)c1[N+](=O)[O-]. The van der Waals surface area contributed by atoms with Crippen LogP contribution < -0.4 is 11.1 Å². The number of rotatable bonds is 5. The second-order valence-corrected chi connectivity index (χ2v) is 4.77. The van der Waals surface area contributed by atoms with Crippen LogP contribution in [0.3, 0.4) is 0 Å². The molecule has 1 amide bonds. The highest BCUT2D eigenvalue weighted by atomic mass is 16.6. The van der Waals surface area contributed by atoms with Gasteiger partial charge in [0.2, 0.25) is 11.7 Å². The molecule has 18 heavy (non-hydrogen) atoms. The first-order valence-electron chi connectivity index (χ1n) is 5.38. The number of carbonyl (C=O) groups excluding carboxylic acids is 1. The Bertz CT molecular complexity index is 492. The predicted molar refractivity (Wildman–Crippen MR) is 66.1 cm³/mol. The summed E-state index contributed by atoms with van der Waals surface area (Å²) < 4.78 is 1.38. The van der Waals surface area contributed by atoms with Crippen molar-refractivity contribution in [2.24, 2.45) is 18.2 Å². The number of aromatic nitrogens is 2. The highest BCUT2D eigenvalue weighted by Crippen LogP contribution is 2.28. The third kappa shape index (κ3) is 2.58. The summed E-state index contributed by atoms with van der Waals surface area (Å²) in [6.07, 6.45) is 0. The molecule has 0 unspecified atom stereocenters. The van der Waals surface area contributed by atoms with Crippen molar-refractivity contribution in [1.82, 2.24) is 9.78 Å². The summed E-state index contributed by atoms with van der Waals surface area (Å²) in [6.45, 7) is 5.08. The van der Waals surface area contributed by atoms with E-state index >= 15 is 0 Å². The van der Waals surface area contributed by atoms with Crippen LogP contribution in [0.5, 0.6) is 0 Å². The molecule has 1 aromatic heterocycles. The van der Waals surface area contributed by atoms with Crippen molar-refractivity contribution in [3.05, 3.63) is 15.8 Å². The Morgan fingerprint density at radius 3 is 2.61 bits per heavy atom. The number of amides is 1. The summed E-state index contributed by atoms with van der Waals surface area (Å²) >= 11 is 0. The molecule has 0 atom stereocenters. The standard InChI is InChI=1S/C10H17N5O3/c1-6-7(15(17)18)8(14(4)13-6)12-5-10(2,3)9(11)16/h12H,5H2,1-4H3,(H2,11,16). The zero-order chi connectivity index (χ0) is 14.1. The average Bonchev–Trinajstić information content (AvgIpc) is 2.50. The second kappa shape index (κ2) is 4.63. The van der Waals surface area contributed by atoms with Gasteiger partial charge in [0.25, 0.3) is 0 Å². The number of aryl methyl sites for hydroxylation is 2. The van der Waals surface area contributed by atoms with Gasteiger partial charge in [-0.15, -0.1) is 0 Å². The van der Waals surface area contributed by atoms with Crippen molar-refractivity contribution >= 4 is 17.4 Å². The maximum Gasteiger partial charge on any atom is 0.333 e. The molecule has 1 rings (SSSR count). The number of nitrogens with two attached hydrogens (primary N) is 1. The van der Waals surface area contributed by atoms with E-state index in [1.807, 2.05) is 0 Å². The van der Waals surface area contributed by atoms with Gasteiger partial charge in [-0.05, 0) is 20.8 Å².